The summed E-state index contributed by atoms with van der Waals surface area (Å²) in [5.74, 6) is 1.14. The van der Waals surface area contributed by atoms with Gasteiger partial charge in [0.15, 0.2) is 0 Å². The first-order chi connectivity index (χ1) is 8.31. The second kappa shape index (κ2) is 5.85. The molecule has 1 aliphatic rings. The van der Waals surface area contributed by atoms with Crippen molar-refractivity contribution < 1.29 is 9.53 Å². The van der Waals surface area contributed by atoms with Crippen molar-refractivity contribution >= 4 is 5.97 Å². The van der Waals surface area contributed by atoms with Crippen molar-refractivity contribution in [3.63, 3.8) is 0 Å². The molecule has 1 aromatic rings. The topological polar surface area (TPSA) is 26.3 Å². The highest BCUT2D eigenvalue weighted by molar-refractivity contribution is 5.89. The standard InChI is InChI=1S/C15H20O2/c1-2-12(13-9-6-10-13)11-17-15(16)14-7-4-3-5-8-14/h3-5,7-8,12-13H,2,6,9-11H2,1H3. The number of hydrogen-bond acceptors (Lipinski definition) is 2. The summed E-state index contributed by atoms with van der Waals surface area (Å²) in [5, 5.41) is 0. The fourth-order valence-electron chi connectivity index (χ4n) is 2.34. The van der Waals surface area contributed by atoms with Crippen LogP contribution in [0.15, 0.2) is 30.3 Å². The van der Waals surface area contributed by atoms with Crippen molar-refractivity contribution in [2.24, 2.45) is 11.8 Å². The van der Waals surface area contributed by atoms with Crippen LogP contribution in [0.5, 0.6) is 0 Å². The SMILES string of the molecule is CCC(COC(=O)c1ccccc1)C1CCC1. The second-order valence-electron chi connectivity index (χ2n) is 4.82. The predicted octanol–water partition coefficient (Wildman–Crippen LogP) is 3.67. The number of carbonyl (C=O) groups excluding carboxylic acids is 1. The molecule has 0 aliphatic heterocycles. The number of ether oxygens (including phenoxy) is 1. The van der Waals surface area contributed by atoms with Gasteiger partial charge in [0.2, 0.25) is 0 Å². The fraction of sp³-hybridized carbons (Fsp3) is 0.533. The number of benzene rings is 1. The van der Waals surface area contributed by atoms with Crippen molar-refractivity contribution in [3.05, 3.63) is 35.9 Å². The van der Waals surface area contributed by atoms with E-state index in [-0.39, 0.29) is 5.97 Å². The largest absolute Gasteiger partial charge is 0.462 e. The van der Waals surface area contributed by atoms with Gasteiger partial charge in [0.05, 0.1) is 12.2 Å². The molecule has 0 heterocycles. The zero-order chi connectivity index (χ0) is 12.1. The van der Waals surface area contributed by atoms with Crippen LogP contribution in [0.2, 0.25) is 0 Å². The lowest BCUT2D eigenvalue weighted by Crippen LogP contribution is -2.26. The Morgan fingerprint density at radius 3 is 2.59 bits per heavy atom. The van der Waals surface area contributed by atoms with Gasteiger partial charge >= 0.3 is 5.97 Å². The van der Waals surface area contributed by atoms with Gasteiger partial charge in [-0.1, -0.05) is 44.4 Å². The maximum atomic E-state index is 11.8. The Morgan fingerprint density at radius 2 is 2.06 bits per heavy atom. The fourth-order valence-corrected chi connectivity index (χ4v) is 2.34. The molecule has 1 saturated carbocycles. The van der Waals surface area contributed by atoms with Crippen molar-refractivity contribution in [1.29, 1.82) is 0 Å². The lowest BCUT2D eigenvalue weighted by Gasteiger charge is -2.32. The number of carbonyl (C=O) groups is 1. The molecular formula is C15H20O2. The van der Waals surface area contributed by atoms with Gasteiger partial charge in [-0.2, -0.15) is 0 Å². The molecule has 1 aliphatic carbocycles. The molecule has 0 amide bonds. The number of rotatable bonds is 5. The van der Waals surface area contributed by atoms with Crippen molar-refractivity contribution in [2.75, 3.05) is 6.61 Å². The molecule has 1 unspecified atom stereocenters. The summed E-state index contributed by atoms with van der Waals surface area (Å²) in [6.07, 6.45) is 5.06. The van der Waals surface area contributed by atoms with E-state index >= 15 is 0 Å². The maximum absolute atomic E-state index is 11.8. The number of esters is 1. The van der Waals surface area contributed by atoms with Crippen LogP contribution in [-0.4, -0.2) is 12.6 Å². The van der Waals surface area contributed by atoms with Crippen LogP contribution < -0.4 is 0 Å². The monoisotopic (exact) mass is 232 g/mol. The molecule has 0 aromatic heterocycles. The van der Waals surface area contributed by atoms with Gasteiger partial charge in [0, 0.05) is 0 Å². The zero-order valence-electron chi connectivity index (χ0n) is 10.4. The van der Waals surface area contributed by atoms with Crippen LogP contribution in [0.1, 0.15) is 43.0 Å². The van der Waals surface area contributed by atoms with Crippen LogP contribution in [0, 0.1) is 11.8 Å². The van der Waals surface area contributed by atoms with Gasteiger partial charge in [-0.3, -0.25) is 0 Å². The molecule has 1 aromatic carbocycles. The van der Waals surface area contributed by atoms with E-state index in [0.717, 1.165) is 12.3 Å². The smallest absolute Gasteiger partial charge is 0.338 e. The van der Waals surface area contributed by atoms with Gasteiger partial charge in [-0.25, -0.2) is 4.79 Å². The molecule has 1 fully saturated rings. The highest BCUT2D eigenvalue weighted by atomic mass is 16.5. The van der Waals surface area contributed by atoms with Crippen molar-refractivity contribution in [3.8, 4) is 0 Å². The molecule has 0 radical (unpaired) electrons. The van der Waals surface area contributed by atoms with E-state index in [4.69, 9.17) is 4.74 Å². The van der Waals surface area contributed by atoms with E-state index in [1.54, 1.807) is 12.1 Å². The summed E-state index contributed by atoms with van der Waals surface area (Å²) in [6.45, 7) is 2.76. The first-order valence-corrected chi connectivity index (χ1v) is 6.53. The van der Waals surface area contributed by atoms with E-state index in [1.165, 1.54) is 19.3 Å². The van der Waals surface area contributed by atoms with Crippen LogP contribution >= 0.6 is 0 Å². The minimum Gasteiger partial charge on any atom is -0.462 e. The first kappa shape index (κ1) is 12.2. The van der Waals surface area contributed by atoms with E-state index in [9.17, 15) is 4.79 Å². The Morgan fingerprint density at radius 1 is 1.35 bits per heavy atom. The minimum absolute atomic E-state index is 0.191. The molecule has 0 saturated heterocycles. The maximum Gasteiger partial charge on any atom is 0.338 e. The Kier molecular flexibility index (Phi) is 4.18. The van der Waals surface area contributed by atoms with Gasteiger partial charge in [0.25, 0.3) is 0 Å². The van der Waals surface area contributed by atoms with Gasteiger partial charge < -0.3 is 4.74 Å². The predicted molar refractivity (Wildman–Crippen MR) is 67.8 cm³/mol. The van der Waals surface area contributed by atoms with Crippen molar-refractivity contribution in [2.45, 2.75) is 32.6 Å². The first-order valence-electron chi connectivity index (χ1n) is 6.53. The summed E-state index contributed by atoms with van der Waals surface area (Å²) in [5.41, 5.74) is 0.649. The summed E-state index contributed by atoms with van der Waals surface area (Å²) < 4.78 is 5.40. The third-order valence-corrected chi connectivity index (χ3v) is 3.78. The van der Waals surface area contributed by atoms with Crippen LogP contribution in [0.4, 0.5) is 0 Å². The summed E-state index contributed by atoms with van der Waals surface area (Å²) in [6, 6.07) is 9.22. The van der Waals surface area contributed by atoms with Gasteiger partial charge in [-0.15, -0.1) is 0 Å². The Labute approximate surface area is 103 Å². The Hall–Kier alpha value is -1.31. The highest BCUT2D eigenvalue weighted by Crippen LogP contribution is 2.35. The average molecular weight is 232 g/mol. The molecule has 0 bridgehead atoms. The lowest BCUT2D eigenvalue weighted by molar-refractivity contribution is 0.0326. The molecular weight excluding hydrogens is 212 g/mol. The third-order valence-electron chi connectivity index (χ3n) is 3.78. The molecule has 17 heavy (non-hydrogen) atoms. The number of hydrogen-bond donors (Lipinski definition) is 0. The molecule has 2 rings (SSSR count). The Bertz CT molecular complexity index is 354. The summed E-state index contributed by atoms with van der Waals surface area (Å²) in [4.78, 5) is 11.8. The molecule has 0 N–H and O–H groups in total. The molecule has 1 atom stereocenters. The summed E-state index contributed by atoms with van der Waals surface area (Å²) >= 11 is 0. The van der Waals surface area contributed by atoms with Crippen molar-refractivity contribution in [1.82, 2.24) is 0 Å². The third kappa shape index (κ3) is 3.09. The molecule has 0 spiro atoms. The van der Waals surface area contributed by atoms with E-state index in [2.05, 4.69) is 6.92 Å². The van der Waals surface area contributed by atoms with Crippen LogP contribution in [0.3, 0.4) is 0 Å². The minimum atomic E-state index is -0.191. The highest BCUT2D eigenvalue weighted by Gasteiger charge is 2.26. The summed E-state index contributed by atoms with van der Waals surface area (Å²) in [7, 11) is 0. The lowest BCUT2D eigenvalue weighted by atomic mass is 9.75. The average Bonchev–Trinajstić information content (AvgIpc) is 2.32. The van der Waals surface area contributed by atoms with Gasteiger partial charge in [0.1, 0.15) is 0 Å². The molecule has 92 valence electrons. The van der Waals surface area contributed by atoms with Gasteiger partial charge in [-0.05, 0) is 30.4 Å². The van der Waals surface area contributed by atoms with E-state index in [1.807, 2.05) is 18.2 Å². The van der Waals surface area contributed by atoms with Crippen LogP contribution in [0.25, 0.3) is 0 Å². The normalized spacial score (nSPS) is 17.2. The van der Waals surface area contributed by atoms with E-state index in [0.29, 0.717) is 18.1 Å². The molecule has 2 heteroatoms. The zero-order valence-corrected chi connectivity index (χ0v) is 10.4. The quantitative estimate of drug-likeness (QED) is 0.724. The Balaban J connectivity index is 1.82. The second-order valence-corrected chi connectivity index (χ2v) is 4.82. The molecule has 2 nitrogen and oxygen atoms in total. The van der Waals surface area contributed by atoms with E-state index < -0.39 is 0 Å². The van der Waals surface area contributed by atoms with Crippen LogP contribution in [-0.2, 0) is 4.74 Å².